The van der Waals surface area contributed by atoms with Crippen molar-refractivity contribution in [3.05, 3.63) is 12.2 Å². The SMILES string of the molecule is C[C@H]1O[C@H](O[C@@H]2[C@@H](O[C@H]3CC[C@@]4(C)[C@H](CC[C@]5(C)[C@@H]4CC[C@@H]4[C@H]([C@@](C)(O)C/C=C/C(C)(C)O)C(=O)C[C@@]45CO[C@@H]4O[C@H](CO)[C@@H](O)[C@@H](O)[C@H]4O)C3(C)C)OC[C@@H](O)[C@H]2O)[C@@H](O)[C@@H](O)[C@H]1O. The summed E-state index contributed by atoms with van der Waals surface area (Å²) in [6.07, 6.45) is -12.8. The number of Topliss-reactive ketones (excluding diaryl/α,β-unsaturated/α-hetero) is 1. The Kier molecular flexibility index (Phi) is 14.7. The van der Waals surface area contributed by atoms with Crippen LogP contribution in [0.25, 0.3) is 0 Å². The molecule has 65 heavy (non-hydrogen) atoms. The van der Waals surface area contributed by atoms with Crippen molar-refractivity contribution in [3.63, 3.8) is 0 Å². The molecular formula is C47H78O18. The second kappa shape index (κ2) is 18.5. The number of rotatable bonds is 12. The van der Waals surface area contributed by atoms with Crippen molar-refractivity contribution in [2.24, 2.45) is 45.3 Å². The lowest BCUT2D eigenvalue weighted by Crippen LogP contribution is -2.67. The number of ketones is 1. The predicted octanol–water partition coefficient (Wildman–Crippen LogP) is -0.209. The minimum Gasteiger partial charge on any atom is -0.394 e. The molecule has 23 atom stereocenters. The van der Waals surface area contributed by atoms with E-state index in [0.29, 0.717) is 32.1 Å². The number of hydrogen-bond acceptors (Lipinski definition) is 18. The average Bonchev–Trinajstić information content (AvgIpc) is 3.54. The van der Waals surface area contributed by atoms with E-state index >= 15 is 0 Å². The molecule has 0 spiro atoms. The van der Waals surface area contributed by atoms with Gasteiger partial charge in [0.2, 0.25) is 0 Å². The summed E-state index contributed by atoms with van der Waals surface area (Å²) in [4.78, 5) is 14.6. The van der Waals surface area contributed by atoms with Gasteiger partial charge in [0, 0.05) is 17.8 Å². The molecule has 3 aliphatic heterocycles. The molecule has 4 aliphatic carbocycles. The number of aliphatic hydroxyl groups is 11. The second-order valence-electron chi connectivity index (χ2n) is 22.7. The van der Waals surface area contributed by atoms with Crippen molar-refractivity contribution in [1.82, 2.24) is 0 Å². The van der Waals surface area contributed by atoms with E-state index in [4.69, 9.17) is 28.4 Å². The molecular weight excluding hydrogens is 852 g/mol. The topological polar surface area (TPSA) is 295 Å². The highest BCUT2D eigenvalue weighted by Gasteiger charge is 2.73. The Hall–Kier alpha value is -1.27. The molecule has 7 aliphatic rings. The molecule has 0 bridgehead atoms. The Labute approximate surface area is 381 Å². The lowest BCUT2D eigenvalue weighted by molar-refractivity contribution is -0.365. The third-order valence-electron chi connectivity index (χ3n) is 17.7. The van der Waals surface area contributed by atoms with Gasteiger partial charge in [0.1, 0.15) is 66.8 Å². The fourth-order valence-electron chi connectivity index (χ4n) is 14.2. The van der Waals surface area contributed by atoms with Gasteiger partial charge in [0.25, 0.3) is 0 Å². The number of hydrogen-bond donors (Lipinski definition) is 11. The van der Waals surface area contributed by atoms with Crippen molar-refractivity contribution in [2.75, 3.05) is 19.8 Å². The largest absolute Gasteiger partial charge is 0.394 e. The summed E-state index contributed by atoms with van der Waals surface area (Å²) in [6.45, 7) is 14.3. The first-order chi connectivity index (χ1) is 30.1. The van der Waals surface area contributed by atoms with E-state index in [9.17, 15) is 61.0 Å². The normalized spacial score (nSPS) is 51.2. The van der Waals surface area contributed by atoms with Gasteiger partial charge in [-0.3, -0.25) is 4.79 Å². The molecule has 7 rings (SSSR count). The Morgan fingerprint density at radius 3 is 2.08 bits per heavy atom. The predicted molar refractivity (Wildman–Crippen MR) is 228 cm³/mol. The smallest absolute Gasteiger partial charge is 0.187 e. The molecule has 4 saturated carbocycles. The van der Waals surface area contributed by atoms with Crippen molar-refractivity contribution in [3.8, 4) is 0 Å². The van der Waals surface area contributed by atoms with Gasteiger partial charge >= 0.3 is 0 Å². The molecule has 0 aromatic carbocycles. The zero-order valence-corrected chi connectivity index (χ0v) is 39.2. The van der Waals surface area contributed by atoms with Gasteiger partial charge in [-0.1, -0.05) is 39.8 Å². The van der Waals surface area contributed by atoms with Gasteiger partial charge in [-0.05, 0) is 107 Å². The van der Waals surface area contributed by atoms with Gasteiger partial charge in [-0.2, -0.15) is 0 Å². The Balaban J connectivity index is 1.17. The van der Waals surface area contributed by atoms with Crippen molar-refractivity contribution in [2.45, 2.75) is 210 Å². The second-order valence-corrected chi connectivity index (χ2v) is 22.7. The molecule has 0 aromatic heterocycles. The fraction of sp³-hybridized carbons (Fsp3) is 0.936. The minimum absolute atomic E-state index is 0.0305. The van der Waals surface area contributed by atoms with Gasteiger partial charge < -0.3 is 84.6 Å². The molecule has 3 heterocycles. The van der Waals surface area contributed by atoms with Crippen LogP contribution in [0.1, 0.15) is 107 Å². The number of carbonyl (C=O) groups is 1. The zero-order valence-electron chi connectivity index (χ0n) is 39.2. The molecule has 0 unspecified atom stereocenters. The molecule has 0 radical (unpaired) electrons. The third kappa shape index (κ3) is 8.96. The van der Waals surface area contributed by atoms with E-state index in [1.165, 1.54) is 6.92 Å². The van der Waals surface area contributed by atoms with Crippen molar-refractivity contribution >= 4 is 5.78 Å². The molecule has 374 valence electrons. The number of ether oxygens (including phenoxy) is 6. The minimum atomic E-state index is -1.66. The summed E-state index contributed by atoms with van der Waals surface area (Å²) in [5.41, 5.74) is -4.88. The van der Waals surface area contributed by atoms with E-state index in [-0.39, 0.29) is 55.0 Å². The van der Waals surface area contributed by atoms with Crippen LogP contribution in [0.15, 0.2) is 12.2 Å². The van der Waals surface area contributed by atoms with Crippen LogP contribution in [0.3, 0.4) is 0 Å². The molecule has 0 amide bonds. The maximum absolute atomic E-state index is 14.6. The Morgan fingerprint density at radius 1 is 0.754 bits per heavy atom. The van der Waals surface area contributed by atoms with Crippen LogP contribution in [0.4, 0.5) is 0 Å². The third-order valence-corrected chi connectivity index (χ3v) is 17.7. The summed E-state index contributed by atoms with van der Waals surface area (Å²) < 4.78 is 36.8. The van der Waals surface area contributed by atoms with E-state index < -0.39 is 132 Å². The highest BCUT2D eigenvalue weighted by Crippen LogP contribution is 2.76. The number of carbonyl (C=O) groups excluding carboxylic acids is 1. The molecule has 18 nitrogen and oxygen atoms in total. The van der Waals surface area contributed by atoms with Gasteiger partial charge in [-0.25, -0.2) is 0 Å². The highest BCUT2D eigenvalue weighted by atomic mass is 16.8. The first kappa shape index (κ1) is 51.6. The number of fused-ring (bicyclic) bond motifs is 5. The Bertz CT molecular complexity index is 1700. The standard InChI is InChI=1S/C47H78O18/c1-22-31(51)34(54)37(57)40(62-22)65-38-32(52)25(50)20-60-41(38)64-29-13-16-44(6)27(43(29,4)5)12-17-45(7)28(44)11-10-23-30(46(8,59)15-9-14-42(2,3)58)24(49)18-47(23,45)21-61-39-36(56)35(55)33(53)26(19-48)63-39/h9,14,22-23,25-41,48,50-59H,10-13,15-21H2,1-8H3/b14-9+/t22-,23-,25-,26-,27-,28-,29+,30+,31+,32-,33-,34+,35-,36-,37+,38+,39-,40-,41-,44+,45-,46+,47-/m1/s1. The van der Waals surface area contributed by atoms with Gasteiger partial charge in [0.05, 0.1) is 43.2 Å². The molecule has 0 aromatic rings. The molecule has 7 fully saturated rings. The summed E-state index contributed by atoms with van der Waals surface area (Å²) >= 11 is 0. The van der Waals surface area contributed by atoms with E-state index in [0.717, 1.165) is 6.42 Å². The monoisotopic (exact) mass is 931 g/mol. The first-order valence-electron chi connectivity index (χ1n) is 23.7. The maximum atomic E-state index is 14.6. The first-order valence-corrected chi connectivity index (χ1v) is 23.7. The lowest BCUT2D eigenvalue weighted by Gasteiger charge is -2.70. The van der Waals surface area contributed by atoms with Crippen LogP contribution in [-0.2, 0) is 33.2 Å². The van der Waals surface area contributed by atoms with E-state index in [1.807, 2.05) is 0 Å². The summed E-state index contributed by atoms with van der Waals surface area (Å²) in [5, 5.41) is 118. The van der Waals surface area contributed by atoms with Crippen LogP contribution >= 0.6 is 0 Å². The summed E-state index contributed by atoms with van der Waals surface area (Å²) in [7, 11) is 0. The van der Waals surface area contributed by atoms with Crippen LogP contribution < -0.4 is 0 Å². The lowest BCUT2D eigenvalue weighted by atomic mass is 9.35. The average molecular weight is 931 g/mol. The van der Waals surface area contributed by atoms with Crippen LogP contribution in [0.2, 0.25) is 0 Å². The fourth-order valence-corrected chi connectivity index (χ4v) is 14.2. The van der Waals surface area contributed by atoms with Crippen LogP contribution in [0.5, 0.6) is 0 Å². The van der Waals surface area contributed by atoms with Crippen molar-refractivity contribution < 1.29 is 89.4 Å². The van der Waals surface area contributed by atoms with Crippen LogP contribution in [-0.4, -0.2) is 185 Å². The van der Waals surface area contributed by atoms with Crippen molar-refractivity contribution in [1.29, 1.82) is 0 Å². The van der Waals surface area contributed by atoms with Gasteiger partial charge in [0.15, 0.2) is 18.9 Å². The van der Waals surface area contributed by atoms with E-state index in [2.05, 4.69) is 27.7 Å². The summed E-state index contributed by atoms with van der Waals surface area (Å²) in [5.74, 6) is -1.16. The molecule has 11 N–H and O–H groups in total. The van der Waals surface area contributed by atoms with Crippen LogP contribution in [0, 0.1) is 45.3 Å². The summed E-state index contributed by atoms with van der Waals surface area (Å²) in [6, 6.07) is 0. The zero-order chi connectivity index (χ0) is 48.0. The van der Waals surface area contributed by atoms with E-state index in [1.54, 1.807) is 32.9 Å². The molecule has 18 heteroatoms. The maximum Gasteiger partial charge on any atom is 0.187 e. The quantitative estimate of drug-likeness (QED) is 0.0892. The number of aliphatic hydroxyl groups excluding tert-OH is 9. The Morgan fingerprint density at radius 2 is 1.42 bits per heavy atom. The van der Waals surface area contributed by atoms with Gasteiger partial charge in [-0.15, -0.1) is 0 Å². The molecule has 3 saturated heterocycles. The highest BCUT2D eigenvalue weighted by molar-refractivity contribution is 5.86.